The number of carbonyl (C=O) groups excluding carboxylic acids is 1. The minimum absolute atomic E-state index is 0.0487. The third-order valence-corrected chi connectivity index (χ3v) is 3.92. The van der Waals surface area contributed by atoms with Gasteiger partial charge in [-0.15, -0.1) is 0 Å². The van der Waals surface area contributed by atoms with Crippen LogP contribution in [0, 0.1) is 6.92 Å². The minimum atomic E-state index is -0.320. The van der Waals surface area contributed by atoms with E-state index < -0.39 is 0 Å². The van der Waals surface area contributed by atoms with Gasteiger partial charge in [-0.1, -0.05) is 0 Å². The van der Waals surface area contributed by atoms with Crippen molar-refractivity contribution in [1.82, 2.24) is 4.37 Å². The van der Waals surface area contributed by atoms with E-state index in [1.807, 2.05) is 6.92 Å². The summed E-state index contributed by atoms with van der Waals surface area (Å²) < 4.78 is 15.0. The van der Waals surface area contributed by atoms with Crippen LogP contribution >= 0.6 is 11.5 Å². The van der Waals surface area contributed by atoms with Gasteiger partial charge in [-0.3, -0.25) is 0 Å². The molecular formula is C12H18N2O3S. The summed E-state index contributed by atoms with van der Waals surface area (Å²) in [6.45, 7) is 2.91. The second kappa shape index (κ2) is 6.15. The van der Waals surface area contributed by atoms with Crippen molar-refractivity contribution in [2.75, 3.05) is 25.6 Å². The molecule has 18 heavy (non-hydrogen) atoms. The molecule has 1 atom stereocenters. The minimum Gasteiger partial charge on any atom is -0.459 e. The van der Waals surface area contributed by atoms with Crippen LogP contribution in [0.3, 0.4) is 0 Å². The predicted octanol–water partition coefficient (Wildman–Crippen LogP) is 2.22. The largest absolute Gasteiger partial charge is 0.459 e. The molecule has 2 heterocycles. The number of anilines is 1. The monoisotopic (exact) mass is 270 g/mol. The van der Waals surface area contributed by atoms with Crippen LogP contribution in [0.4, 0.5) is 5.00 Å². The highest BCUT2D eigenvalue weighted by atomic mass is 32.1. The van der Waals surface area contributed by atoms with Gasteiger partial charge in [0.2, 0.25) is 0 Å². The molecule has 0 saturated carbocycles. The maximum Gasteiger partial charge on any atom is 0.343 e. The highest BCUT2D eigenvalue weighted by molar-refractivity contribution is 7.10. The standard InChI is InChI=1S/C12H18N2O3S/c1-8-10(11(13-2)18-14-8)12(15)17-7-9-5-3-4-6-16-9/h9,13H,3-7H2,1-2H3. The summed E-state index contributed by atoms with van der Waals surface area (Å²) in [5, 5.41) is 3.71. The van der Waals surface area contributed by atoms with Crippen molar-refractivity contribution in [2.24, 2.45) is 0 Å². The van der Waals surface area contributed by atoms with E-state index in [2.05, 4.69) is 9.69 Å². The quantitative estimate of drug-likeness (QED) is 0.850. The first-order chi connectivity index (χ1) is 8.72. The van der Waals surface area contributed by atoms with E-state index in [0.717, 1.165) is 30.9 Å². The molecule has 1 saturated heterocycles. The average molecular weight is 270 g/mol. The topological polar surface area (TPSA) is 60.5 Å². The number of aryl methyl sites for hydroxylation is 1. The van der Waals surface area contributed by atoms with Crippen molar-refractivity contribution in [2.45, 2.75) is 32.3 Å². The lowest BCUT2D eigenvalue weighted by Gasteiger charge is -2.22. The first-order valence-electron chi connectivity index (χ1n) is 6.15. The maximum atomic E-state index is 12.0. The first kappa shape index (κ1) is 13.3. The van der Waals surface area contributed by atoms with Crippen LogP contribution in [0.15, 0.2) is 0 Å². The number of nitrogens with one attached hydrogen (secondary N) is 1. The molecule has 1 unspecified atom stereocenters. The van der Waals surface area contributed by atoms with Gasteiger partial charge in [0.1, 0.15) is 17.2 Å². The van der Waals surface area contributed by atoms with Crippen molar-refractivity contribution < 1.29 is 14.3 Å². The Labute approximate surface area is 111 Å². The molecule has 1 N–H and O–H groups in total. The molecule has 0 aromatic carbocycles. The zero-order valence-corrected chi connectivity index (χ0v) is 11.5. The van der Waals surface area contributed by atoms with Gasteiger partial charge in [-0.25, -0.2) is 4.79 Å². The van der Waals surface area contributed by atoms with Crippen LogP contribution in [0.2, 0.25) is 0 Å². The van der Waals surface area contributed by atoms with Gasteiger partial charge >= 0.3 is 5.97 Å². The molecule has 1 fully saturated rings. The van der Waals surface area contributed by atoms with Crippen LogP contribution in [0.5, 0.6) is 0 Å². The van der Waals surface area contributed by atoms with E-state index in [1.165, 1.54) is 11.5 Å². The normalized spacial score (nSPS) is 19.6. The molecule has 1 aliphatic rings. The zero-order valence-electron chi connectivity index (χ0n) is 10.7. The Morgan fingerprint density at radius 1 is 1.61 bits per heavy atom. The number of nitrogens with zero attached hydrogens (tertiary/aromatic N) is 1. The second-order valence-corrected chi connectivity index (χ2v) is 5.08. The molecular weight excluding hydrogens is 252 g/mol. The fourth-order valence-electron chi connectivity index (χ4n) is 1.96. The third-order valence-electron chi connectivity index (χ3n) is 2.97. The summed E-state index contributed by atoms with van der Waals surface area (Å²) in [6.07, 6.45) is 3.26. The van der Waals surface area contributed by atoms with Crippen LogP contribution < -0.4 is 5.32 Å². The van der Waals surface area contributed by atoms with E-state index in [0.29, 0.717) is 17.9 Å². The summed E-state index contributed by atoms with van der Waals surface area (Å²) in [6, 6.07) is 0. The van der Waals surface area contributed by atoms with Crippen molar-refractivity contribution in [3.8, 4) is 0 Å². The smallest absolute Gasteiger partial charge is 0.343 e. The molecule has 1 aromatic rings. The van der Waals surface area contributed by atoms with Gasteiger partial charge in [0.05, 0.1) is 11.8 Å². The Hall–Kier alpha value is -1.14. The van der Waals surface area contributed by atoms with Crippen molar-refractivity contribution in [3.05, 3.63) is 11.3 Å². The Morgan fingerprint density at radius 3 is 3.11 bits per heavy atom. The molecule has 0 bridgehead atoms. The molecule has 2 rings (SSSR count). The molecule has 0 amide bonds. The van der Waals surface area contributed by atoms with Gasteiger partial charge < -0.3 is 14.8 Å². The summed E-state index contributed by atoms with van der Waals surface area (Å²) in [5.41, 5.74) is 1.25. The lowest BCUT2D eigenvalue weighted by molar-refractivity contribution is -0.0300. The van der Waals surface area contributed by atoms with Gasteiger partial charge in [0, 0.05) is 13.7 Å². The summed E-state index contributed by atoms with van der Waals surface area (Å²) in [5.74, 6) is -0.320. The summed E-state index contributed by atoms with van der Waals surface area (Å²) >= 11 is 1.27. The van der Waals surface area contributed by atoms with Gasteiger partial charge in [0.25, 0.3) is 0 Å². The van der Waals surface area contributed by atoms with Crippen LogP contribution in [0.25, 0.3) is 0 Å². The van der Waals surface area contributed by atoms with E-state index in [1.54, 1.807) is 7.05 Å². The summed E-state index contributed by atoms with van der Waals surface area (Å²) in [4.78, 5) is 12.0. The molecule has 6 heteroatoms. The Kier molecular flexibility index (Phi) is 4.54. The predicted molar refractivity (Wildman–Crippen MR) is 70.3 cm³/mol. The SMILES string of the molecule is CNc1snc(C)c1C(=O)OCC1CCCCO1. The number of aromatic nitrogens is 1. The van der Waals surface area contributed by atoms with E-state index in [4.69, 9.17) is 9.47 Å². The fourth-order valence-corrected chi connectivity index (χ4v) is 2.69. The molecule has 0 radical (unpaired) electrons. The van der Waals surface area contributed by atoms with Gasteiger partial charge in [-0.2, -0.15) is 4.37 Å². The number of esters is 1. The molecule has 1 aliphatic heterocycles. The zero-order chi connectivity index (χ0) is 13.0. The second-order valence-electron chi connectivity index (χ2n) is 4.31. The van der Waals surface area contributed by atoms with Crippen LogP contribution in [0.1, 0.15) is 35.3 Å². The van der Waals surface area contributed by atoms with Crippen LogP contribution in [-0.2, 0) is 9.47 Å². The molecule has 0 aliphatic carbocycles. The Balaban J connectivity index is 1.92. The average Bonchev–Trinajstić information content (AvgIpc) is 2.78. The van der Waals surface area contributed by atoms with Gasteiger partial charge in [-0.05, 0) is 37.7 Å². The third kappa shape index (κ3) is 3.00. The highest BCUT2D eigenvalue weighted by Crippen LogP contribution is 2.25. The first-order valence-corrected chi connectivity index (χ1v) is 6.92. The van der Waals surface area contributed by atoms with Gasteiger partial charge in [0.15, 0.2) is 0 Å². The number of ether oxygens (including phenoxy) is 2. The Bertz CT molecular complexity index is 413. The highest BCUT2D eigenvalue weighted by Gasteiger charge is 2.21. The summed E-state index contributed by atoms with van der Waals surface area (Å²) in [7, 11) is 1.77. The number of hydrogen-bond donors (Lipinski definition) is 1. The number of rotatable bonds is 4. The number of hydrogen-bond acceptors (Lipinski definition) is 6. The van der Waals surface area contributed by atoms with Crippen LogP contribution in [-0.4, -0.2) is 36.7 Å². The van der Waals surface area contributed by atoms with E-state index in [-0.39, 0.29) is 12.1 Å². The molecule has 0 spiro atoms. The van der Waals surface area contributed by atoms with E-state index >= 15 is 0 Å². The lowest BCUT2D eigenvalue weighted by Crippen LogP contribution is -2.26. The van der Waals surface area contributed by atoms with Crippen molar-refractivity contribution in [1.29, 1.82) is 0 Å². The van der Waals surface area contributed by atoms with E-state index in [9.17, 15) is 4.79 Å². The Morgan fingerprint density at radius 2 is 2.44 bits per heavy atom. The van der Waals surface area contributed by atoms with Crippen molar-refractivity contribution >= 4 is 22.5 Å². The lowest BCUT2D eigenvalue weighted by atomic mass is 10.1. The molecule has 5 nitrogen and oxygen atoms in total. The fraction of sp³-hybridized carbons (Fsp3) is 0.667. The maximum absolute atomic E-state index is 12.0. The van der Waals surface area contributed by atoms with Crippen molar-refractivity contribution in [3.63, 3.8) is 0 Å². The number of carbonyl (C=O) groups is 1. The molecule has 1 aromatic heterocycles. The molecule has 100 valence electrons.